The smallest absolute Gasteiger partial charge is 0.305 e. The Morgan fingerprint density at radius 3 is 2.91 bits per heavy atom. The Hall–Kier alpha value is -1.52. The molecule has 0 aliphatic carbocycles. The van der Waals surface area contributed by atoms with E-state index < -0.39 is 0 Å². The quantitative estimate of drug-likeness (QED) is 0.877. The summed E-state index contributed by atoms with van der Waals surface area (Å²) in [6.45, 7) is 4.23. The van der Waals surface area contributed by atoms with Crippen molar-refractivity contribution in [3.05, 3.63) is 35.5 Å². The lowest BCUT2D eigenvalue weighted by Crippen LogP contribution is -2.35. The number of fused-ring (bicyclic) bond motifs is 3. The molecule has 1 N–H and O–H groups in total. The predicted octanol–water partition coefficient (Wildman–Crippen LogP) is 3.46. The number of halogens is 1. The van der Waals surface area contributed by atoms with Crippen molar-refractivity contribution in [3.63, 3.8) is 0 Å². The zero-order valence-corrected chi connectivity index (χ0v) is 13.9. The van der Waals surface area contributed by atoms with Gasteiger partial charge in [0.25, 0.3) is 0 Å². The largest absolute Gasteiger partial charge is 0.469 e. The Morgan fingerprint density at radius 1 is 1.41 bits per heavy atom. The molecule has 1 aromatic carbocycles. The van der Waals surface area contributed by atoms with Gasteiger partial charge in [-0.3, -0.25) is 9.69 Å². The highest BCUT2D eigenvalue weighted by Gasteiger charge is 2.29. The molecule has 1 atom stereocenters. The van der Waals surface area contributed by atoms with Gasteiger partial charge in [-0.15, -0.1) is 12.4 Å². The summed E-state index contributed by atoms with van der Waals surface area (Å²) in [6.07, 6.45) is 2.34. The molecule has 120 valence electrons. The number of aromatic amines is 1. The summed E-state index contributed by atoms with van der Waals surface area (Å²) >= 11 is 0. The molecule has 22 heavy (non-hydrogen) atoms. The van der Waals surface area contributed by atoms with Gasteiger partial charge in [0.1, 0.15) is 0 Å². The molecule has 0 fully saturated rings. The third-order valence-corrected chi connectivity index (χ3v) is 4.53. The zero-order valence-electron chi connectivity index (χ0n) is 13.1. The van der Waals surface area contributed by atoms with Crippen LogP contribution in [0.3, 0.4) is 0 Å². The van der Waals surface area contributed by atoms with E-state index in [4.69, 9.17) is 4.74 Å². The number of nitrogens with zero attached hydrogens (tertiary/aromatic N) is 1. The molecule has 5 heteroatoms. The molecule has 1 aliphatic rings. The Kier molecular flexibility index (Phi) is 5.48. The van der Waals surface area contributed by atoms with Crippen LogP contribution in [0, 0.1) is 0 Å². The molecule has 2 heterocycles. The number of carbonyl (C=O) groups is 1. The number of para-hydroxylation sites is 1. The minimum Gasteiger partial charge on any atom is -0.469 e. The molecule has 3 rings (SSSR count). The third-order valence-electron chi connectivity index (χ3n) is 4.53. The van der Waals surface area contributed by atoms with Crippen molar-refractivity contribution in [2.45, 2.75) is 32.2 Å². The summed E-state index contributed by atoms with van der Waals surface area (Å²) < 4.78 is 4.79. The summed E-state index contributed by atoms with van der Waals surface area (Å²) in [6, 6.07) is 8.74. The summed E-state index contributed by atoms with van der Waals surface area (Å²) in [5.74, 6) is -0.130. The SMILES string of the molecule is CCN1CCc2c([nH]c3ccccc23)C1CCC(=O)OC.Cl. The first kappa shape index (κ1) is 16.8. The van der Waals surface area contributed by atoms with E-state index in [1.807, 2.05) is 0 Å². The highest BCUT2D eigenvalue weighted by Crippen LogP contribution is 2.36. The second-order valence-corrected chi connectivity index (χ2v) is 5.57. The lowest BCUT2D eigenvalue weighted by Gasteiger charge is -2.35. The van der Waals surface area contributed by atoms with Crippen LogP contribution < -0.4 is 0 Å². The number of hydrogen-bond acceptors (Lipinski definition) is 3. The first-order valence-corrected chi connectivity index (χ1v) is 7.65. The molecule has 1 aromatic heterocycles. The number of rotatable bonds is 4. The topological polar surface area (TPSA) is 45.3 Å². The zero-order chi connectivity index (χ0) is 14.8. The van der Waals surface area contributed by atoms with Crippen molar-refractivity contribution in [1.82, 2.24) is 9.88 Å². The van der Waals surface area contributed by atoms with E-state index >= 15 is 0 Å². The van der Waals surface area contributed by atoms with E-state index in [-0.39, 0.29) is 24.4 Å². The number of ether oxygens (including phenoxy) is 1. The van der Waals surface area contributed by atoms with Crippen molar-refractivity contribution in [2.75, 3.05) is 20.2 Å². The van der Waals surface area contributed by atoms with E-state index in [1.165, 1.54) is 29.3 Å². The maximum absolute atomic E-state index is 11.5. The van der Waals surface area contributed by atoms with E-state index in [1.54, 1.807) is 0 Å². The molecular weight excluding hydrogens is 300 g/mol. The number of H-pyrrole nitrogens is 1. The third kappa shape index (κ3) is 2.99. The summed E-state index contributed by atoms with van der Waals surface area (Å²) in [7, 11) is 1.45. The fourth-order valence-corrected chi connectivity index (χ4v) is 3.43. The molecule has 1 unspecified atom stereocenters. The standard InChI is InChI=1S/C17H22N2O2.ClH/c1-3-19-11-10-13-12-6-4-5-7-14(12)18-17(13)15(19)8-9-16(20)21-2;/h4-7,15,18H,3,8-11H2,1-2H3;1H. The predicted molar refractivity (Wildman–Crippen MR) is 90.5 cm³/mol. The van der Waals surface area contributed by atoms with Gasteiger partial charge in [0, 0.05) is 29.6 Å². The van der Waals surface area contributed by atoms with Crippen molar-refractivity contribution in [3.8, 4) is 0 Å². The monoisotopic (exact) mass is 322 g/mol. The van der Waals surface area contributed by atoms with Gasteiger partial charge >= 0.3 is 5.97 Å². The van der Waals surface area contributed by atoms with Gasteiger partial charge in [-0.25, -0.2) is 0 Å². The van der Waals surface area contributed by atoms with Gasteiger partial charge < -0.3 is 9.72 Å². The van der Waals surface area contributed by atoms with E-state index in [0.717, 1.165) is 25.9 Å². The first-order chi connectivity index (χ1) is 10.2. The fourth-order valence-electron chi connectivity index (χ4n) is 3.43. The number of likely N-dealkylation sites (N-methyl/N-ethyl adjacent to an activating group) is 1. The number of methoxy groups -OCH3 is 1. The van der Waals surface area contributed by atoms with Crippen LogP contribution in [0.2, 0.25) is 0 Å². The Morgan fingerprint density at radius 2 is 2.18 bits per heavy atom. The van der Waals surface area contributed by atoms with Crippen LogP contribution in [0.4, 0.5) is 0 Å². The van der Waals surface area contributed by atoms with Gasteiger partial charge in [-0.05, 0) is 31.0 Å². The Balaban J connectivity index is 0.00000176. The number of carbonyl (C=O) groups excluding carboxylic acids is 1. The minimum absolute atomic E-state index is 0. The van der Waals surface area contributed by atoms with E-state index in [0.29, 0.717) is 6.42 Å². The highest BCUT2D eigenvalue weighted by atomic mass is 35.5. The number of esters is 1. The molecule has 0 spiro atoms. The number of hydrogen-bond donors (Lipinski definition) is 1. The van der Waals surface area contributed by atoms with Crippen LogP contribution in [0.5, 0.6) is 0 Å². The van der Waals surface area contributed by atoms with Crippen LogP contribution in [0.15, 0.2) is 24.3 Å². The Labute approximate surface area is 137 Å². The summed E-state index contributed by atoms with van der Waals surface area (Å²) in [5.41, 5.74) is 3.90. The van der Waals surface area contributed by atoms with Crippen molar-refractivity contribution >= 4 is 29.3 Å². The normalized spacial score (nSPS) is 17.8. The molecule has 2 aromatic rings. The van der Waals surface area contributed by atoms with Crippen LogP contribution in [0.25, 0.3) is 10.9 Å². The molecule has 1 aliphatic heterocycles. The van der Waals surface area contributed by atoms with Crippen LogP contribution >= 0.6 is 12.4 Å². The lowest BCUT2D eigenvalue weighted by molar-refractivity contribution is -0.141. The summed E-state index contributed by atoms with van der Waals surface area (Å²) in [5, 5.41) is 1.33. The number of benzene rings is 1. The van der Waals surface area contributed by atoms with E-state index in [2.05, 4.69) is 41.1 Å². The summed E-state index contributed by atoms with van der Waals surface area (Å²) in [4.78, 5) is 17.5. The molecular formula is C17H23ClN2O2. The van der Waals surface area contributed by atoms with Gasteiger partial charge in [-0.1, -0.05) is 25.1 Å². The van der Waals surface area contributed by atoms with Crippen molar-refractivity contribution in [2.24, 2.45) is 0 Å². The molecule has 0 bridgehead atoms. The maximum Gasteiger partial charge on any atom is 0.305 e. The second-order valence-electron chi connectivity index (χ2n) is 5.57. The Bertz CT molecular complexity index is 653. The van der Waals surface area contributed by atoms with Gasteiger partial charge in [0.15, 0.2) is 0 Å². The molecule has 0 amide bonds. The van der Waals surface area contributed by atoms with E-state index in [9.17, 15) is 4.79 Å². The number of aromatic nitrogens is 1. The minimum atomic E-state index is -0.130. The number of nitrogens with one attached hydrogen (secondary N) is 1. The highest BCUT2D eigenvalue weighted by molar-refractivity contribution is 5.85. The average Bonchev–Trinajstić information content (AvgIpc) is 2.90. The maximum atomic E-state index is 11.5. The first-order valence-electron chi connectivity index (χ1n) is 7.65. The van der Waals surface area contributed by atoms with Crippen LogP contribution in [0.1, 0.15) is 37.1 Å². The second kappa shape index (κ2) is 7.16. The molecule has 0 saturated carbocycles. The molecule has 0 saturated heterocycles. The molecule has 0 radical (unpaired) electrons. The molecule has 4 nitrogen and oxygen atoms in total. The van der Waals surface area contributed by atoms with Crippen molar-refractivity contribution < 1.29 is 9.53 Å². The van der Waals surface area contributed by atoms with Crippen LogP contribution in [-0.2, 0) is 16.0 Å². The fraction of sp³-hybridized carbons (Fsp3) is 0.471. The van der Waals surface area contributed by atoms with Crippen molar-refractivity contribution in [1.29, 1.82) is 0 Å². The van der Waals surface area contributed by atoms with Gasteiger partial charge in [-0.2, -0.15) is 0 Å². The van der Waals surface area contributed by atoms with Gasteiger partial charge in [0.05, 0.1) is 13.2 Å². The van der Waals surface area contributed by atoms with Crippen LogP contribution in [-0.4, -0.2) is 36.1 Å². The lowest BCUT2D eigenvalue weighted by atomic mass is 9.94. The van der Waals surface area contributed by atoms with Gasteiger partial charge in [0.2, 0.25) is 0 Å². The average molecular weight is 323 g/mol.